The molecule has 1 aliphatic rings. The Morgan fingerprint density at radius 3 is 2.62 bits per heavy atom. The van der Waals surface area contributed by atoms with E-state index in [4.69, 9.17) is 11.6 Å². The molecule has 0 aliphatic carbocycles. The van der Waals surface area contributed by atoms with E-state index in [2.05, 4.69) is 15.3 Å². The van der Waals surface area contributed by atoms with Crippen molar-refractivity contribution < 1.29 is 4.79 Å². The van der Waals surface area contributed by atoms with Gasteiger partial charge in [-0.05, 0) is 56.9 Å². The molecular weight excluding hydrogens is 324 g/mol. The number of carbonyl (C=O) groups excluding carboxylic acids is 1. The van der Waals surface area contributed by atoms with E-state index in [-0.39, 0.29) is 5.91 Å². The molecule has 6 heteroatoms. The van der Waals surface area contributed by atoms with Crippen LogP contribution in [0.1, 0.15) is 41.0 Å². The average molecular weight is 345 g/mol. The minimum Gasteiger partial charge on any atom is -0.337 e. The number of likely N-dealkylation sites (tertiary alicyclic amines) is 1. The Balaban J connectivity index is 1.85. The normalized spacial score (nSPS) is 14.5. The highest BCUT2D eigenvalue weighted by Crippen LogP contribution is 2.23. The fourth-order valence-electron chi connectivity index (χ4n) is 2.84. The summed E-state index contributed by atoms with van der Waals surface area (Å²) >= 11 is 6.06. The highest BCUT2D eigenvalue weighted by Gasteiger charge is 2.20. The molecule has 126 valence electrons. The van der Waals surface area contributed by atoms with Crippen molar-refractivity contribution in [3.05, 3.63) is 46.2 Å². The SMILES string of the molecule is Cc1cc(C(=O)N2CCCCC2)nc(Nc2cc(Cl)ccc2C)n1. The highest BCUT2D eigenvalue weighted by atomic mass is 35.5. The number of rotatable bonds is 3. The number of nitrogens with zero attached hydrogens (tertiary/aromatic N) is 3. The first kappa shape index (κ1) is 16.7. The van der Waals surface area contributed by atoms with E-state index in [1.54, 1.807) is 6.07 Å². The first-order chi connectivity index (χ1) is 11.5. The fourth-order valence-corrected chi connectivity index (χ4v) is 3.01. The van der Waals surface area contributed by atoms with Crippen LogP contribution in [-0.2, 0) is 0 Å². The first-order valence-electron chi connectivity index (χ1n) is 8.21. The maximum atomic E-state index is 12.7. The van der Waals surface area contributed by atoms with Crippen molar-refractivity contribution in [3.63, 3.8) is 0 Å². The molecule has 1 N–H and O–H groups in total. The quantitative estimate of drug-likeness (QED) is 0.910. The lowest BCUT2D eigenvalue weighted by molar-refractivity contribution is 0.0718. The number of halogens is 1. The summed E-state index contributed by atoms with van der Waals surface area (Å²) in [6.07, 6.45) is 3.30. The molecule has 0 unspecified atom stereocenters. The van der Waals surface area contributed by atoms with Gasteiger partial charge >= 0.3 is 0 Å². The molecule has 0 saturated carbocycles. The Bertz CT molecular complexity index is 757. The molecule has 0 radical (unpaired) electrons. The van der Waals surface area contributed by atoms with Crippen molar-refractivity contribution in [1.29, 1.82) is 0 Å². The lowest BCUT2D eigenvalue weighted by Gasteiger charge is -2.26. The van der Waals surface area contributed by atoms with Crippen molar-refractivity contribution in [2.24, 2.45) is 0 Å². The second-order valence-corrected chi connectivity index (χ2v) is 6.59. The van der Waals surface area contributed by atoms with Gasteiger partial charge in [-0.15, -0.1) is 0 Å². The monoisotopic (exact) mass is 344 g/mol. The Morgan fingerprint density at radius 1 is 1.12 bits per heavy atom. The van der Waals surface area contributed by atoms with Gasteiger partial charge < -0.3 is 10.2 Å². The van der Waals surface area contributed by atoms with Crippen LogP contribution in [0.15, 0.2) is 24.3 Å². The maximum Gasteiger partial charge on any atom is 0.272 e. The van der Waals surface area contributed by atoms with Crippen LogP contribution in [-0.4, -0.2) is 33.9 Å². The maximum absolute atomic E-state index is 12.7. The summed E-state index contributed by atoms with van der Waals surface area (Å²) in [6.45, 7) is 5.45. The minimum atomic E-state index is -0.0222. The molecule has 1 fully saturated rings. The van der Waals surface area contributed by atoms with Gasteiger partial charge in [-0.2, -0.15) is 0 Å². The van der Waals surface area contributed by atoms with Crippen LogP contribution in [0.2, 0.25) is 5.02 Å². The number of nitrogens with one attached hydrogen (secondary N) is 1. The standard InChI is InChI=1S/C18H21ClN4O/c1-12-6-7-14(19)11-15(12)21-18-20-13(2)10-16(22-18)17(24)23-8-4-3-5-9-23/h6-7,10-11H,3-5,8-9H2,1-2H3,(H,20,21,22). The Labute approximate surface area is 147 Å². The summed E-state index contributed by atoms with van der Waals surface area (Å²) < 4.78 is 0. The van der Waals surface area contributed by atoms with E-state index in [9.17, 15) is 4.79 Å². The van der Waals surface area contributed by atoms with E-state index in [1.165, 1.54) is 6.42 Å². The third-order valence-electron chi connectivity index (χ3n) is 4.16. The van der Waals surface area contributed by atoms with Crippen molar-refractivity contribution in [2.45, 2.75) is 33.1 Å². The Kier molecular flexibility index (Phi) is 5.00. The fraction of sp³-hybridized carbons (Fsp3) is 0.389. The number of hydrogen-bond acceptors (Lipinski definition) is 4. The van der Waals surface area contributed by atoms with Gasteiger partial charge in [0.15, 0.2) is 0 Å². The van der Waals surface area contributed by atoms with Gasteiger partial charge in [0.2, 0.25) is 5.95 Å². The zero-order valence-electron chi connectivity index (χ0n) is 14.0. The second-order valence-electron chi connectivity index (χ2n) is 6.16. The zero-order chi connectivity index (χ0) is 17.1. The van der Waals surface area contributed by atoms with Crippen LogP contribution < -0.4 is 5.32 Å². The molecule has 0 spiro atoms. The summed E-state index contributed by atoms with van der Waals surface area (Å²) in [5, 5.41) is 3.81. The number of aryl methyl sites for hydroxylation is 2. The van der Waals surface area contributed by atoms with E-state index in [0.717, 1.165) is 42.9 Å². The molecule has 0 bridgehead atoms. The van der Waals surface area contributed by atoms with Crippen LogP contribution in [0.5, 0.6) is 0 Å². The summed E-state index contributed by atoms with van der Waals surface area (Å²) in [5.74, 6) is 0.395. The van der Waals surface area contributed by atoms with E-state index in [0.29, 0.717) is 16.7 Å². The van der Waals surface area contributed by atoms with Crippen molar-refractivity contribution >= 4 is 29.1 Å². The van der Waals surface area contributed by atoms with E-state index < -0.39 is 0 Å². The molecule has 1 aromatic heterocycles. The molecule has 2 aromatic rings. The van der Waals surface area contributed by atoms with Gasteiger partial charge in [-0.3, -0.25) is 4.79 Å². The molecule has 5 nitrogen and oxygen atoms in total. The molecule has 1 aromatic carbocycles. The van der Waals surface area contributed by atoms with Gasteiger partial charge in [0, 0.05) is 29.5 Å². The lowest BCUT2D eigenvalue weighted by Crippen LogP contribution is -2.36. The third-order valence-corrected chi connectivity index (χ3v) is 4.40. The van der Waals surface area contributed by atoms with Crippen molar-refractivity contribution in [2.75, 3.05) is 18.4 Å². The van der Waals surface area contributed by atoms with Crippen LogP contribution in [0.25, 0.3) is 0 Å². The minimum absolute atomic E-state index is 0.0222. The third kappa shape index (κ3) is 3.85. The van der Waals surface area contributed by atoms with Gasteiger partial charge in [0.05, 0.1) is 0 Å². The molecule has 1 saturated heterocycles. The molecule has 0 atom stereocenters. The van der Waals surface area contributed by atoms with Crippen LogP contribution in [0, 0.1) is 13.8 Å². The average Bonchev–Trinajstić information content (AvgIpc) is 2.58. The number of aromatic nitrogens is 2. The second kappa shape index (κ2) is 7.18. The molecule has 24 heavy (non-hydrogen) atoms. The van der Waals surface area contributed by atoms with Crippen molar-refractivity contribution in [1.82, 2.24) is 14.9 Å². The molecule has 2 heterocycles. The van der Waals surface area contributed by atoms with Gasteiger partial charge in [-0.1, -0.05) is 17.7 Å². The van der Waals surface area contributed by atoms with Crippen molar-refractivity contribution in [3.8, 4) is 0 Å². The van der Waals surface area contributed by atoms with E-state index in [1.807, 2.05) is 36.9 Å². The number of amides is 1. The molecule has 1 aliphatic heterocycles. The first-order valence-corrected chi connectivity index (χ1v) is 8.59. The smallest absolute Gasteiger partial charge is 0.272 e. The number of carbonyl (C=O) groups is 1. The zero-order valence-corrected chi connectivity index (χ0v) is 14.7. The van der Waals surface area contributed by atoms with Crippen LogP contribution in [0.3, 0.4) is 0 Å². The van der Waals surface area contributed by atoms with Gasteiger partial charge in [0.1, 0.15) is 5.69 Å². The molecule has 1 amide bonds. The van der Waals surface area contributed by atoms with Crippen LogP contribution in [0.4, 0.5) is 11.6 Å². The topological polar surface area (TPSA) is 58.1 Å². The Hall–Kier alpha value is -2.14. The van der Waals surface area contributed by atoms with Crippen LogP contribution >= 0.6 is 11.6 Å². The number of anilines is 2. The number of hydrogen-bond donors (Lipinski definition) is 1. The largest absolute Gasteiger partial charge is 0.337 e. The summed E-state index contributed by atoms with van der Waals surface area (Å²) in [7, 11) is 0. The summed E-state index contributed by atoms with van der Waals surface area (Å²) in [4.78, 5) is 23.3. The predicted molar refractivity (Wildman–Crippen MR) is 96.0 cm³/mol. The summed E-state index contributed by atoms with van der Waals surface area (Å²) in [5.41, 5.74) is 3.07. The predicted octanol–water partition coefficient (Wildman–Crippen LogP) is 4.12. The number of benzene rings is 1. The van der Waals surface area contributed by atoms with E-state index >= 15 is 0 Å². The van der Waals surface area contributed by atoms with Gasteiger partial charge in [-0.25, -0.2) is 9.97 Å². The molecular formula is C18H21ClN4O. The van der Waals surface area contributed by atoms with Gasteiger partial charge in [0.25, 0.3) is 5.91 Å². The number of piperidine rings is 1. The Morgan fingerprint density at radius 2 is 1.88 bits per heavy atom. The molecule has 3 rings (SSSR count). The lowest BCUT2D eigenvalue weighted by atomic mass is 10.1. The highest BCUT2D eigenvalue weighted by molar-refractivity contribution is 6.30. The summed E-state index contributed by atoms with van der Waals surface area (Å²) in [6, 6.07) is 7.34.